The topological polar surface area (TPSA) is 94.9 Å². The number of fused-ring (bicyclic) bond motifs is 2. The second-order valence-corrected chi connectivity index (χ2v) is 12.0. The van der Waals surface area contributed by atoms with Crippen LogP contribution in [0, 0.1) is 6.92 Å². The summed E-state index contributed by atoms with van der Waals surface area (Å²) in [5.74, 6) is 0.837. The first-order valence-corrected chi connectivity index (χ1v) is 16.0. The summed E-state index contributed by atoms with van der Waals surface area (Å²) < 4.78 is 19.1. The lowest BCUT2D eigenvalue weighted by molar-refractivity contribution is 0.0721. The van der Waals surface area contributed by atoms with E-state index in [1.165, 1.54) is 41.1 Å². The largest absolute Gasteiger partial charge is 0.493 e. The predicted octanol–water partition coefficient (Wildman–Crippen LogP) is 7.99. The molecular weight excluding hydrogens is 586 g/mol. The number of unbranched alkanes of at least 4 members (excludes halogenated alkanes) is 3. The van der Waals surface area contributed by atoms with Crippen LogP contribution in [0.4, 0.5) is 0 Å². The smallest absolute Gasteiger partial charge is 0.363 e. The summed E-state index contributed by atoms with van der Waals surface area (Å²) in [5.41, 5.74) is 3.30. The molecule has 3 aromatic carbocycles. The van der Waals surface area contributed by atoms with Crippen molar-refractivity contribution in [3.05, 3.63) is 112 Å². The summed E-state index contributed by atoms with van der Waals surface area (Å²) in [6.07, 6.45) is 7.82. The van der Waals surface area contributed by atoms with E-state index >= 15 is 0 Å². The van der Waals surface area contributed by atoms with E-state index in [-0.39, 0.29) is 17.1 Å². The van der Waals surface area contributed by atoms with Gasteiger partial charge in [0, 0.05) is 18.1 Å². The number of methoxy groups -OCH3 is 1. The van der Waals surface area contributed by atoms with E-state index < -0.39 is 5.97 Å². The number of hydrogen-bond donors (Lipinski definition) is 1. The summed E-state index contributed by atoms with van der Waals surface area (Å²) in [6, 6.07) is 21.7. The quantitative estimate of drug-likeness (QED) is 0.110. The van der Waals surface area contributed by atoms with Crippen LogP contribution in [0.5, 0.6) is 17.4 Å². The molecule has 0 saturated heterocycles. The fourth-order valence-corrected chi connectivity index (χ4v) is 6.95. The zero-order valence-corrected chi connectivity index (χ0v) is 26.4. The van der Waals surface area contributed by atoms with Gasteiger partial charge in [0.2, 0.25) is 5.88 Å². The number of benzene rings is 3. The van der Waals surface area contributed by atoms with Gasteiger partial charge in [0.05, 0.1) is 31.1 Å². The number of aryl methyl sites for hydroxylation is 1. The van der Waals surface area contributed by atoms with Crippen LogP contribution in [-0.4, -0.2) is 34.1 Å². The van der Waals surface area contributed by atoms with Gasteiger partial charge in [-0.15, -0.1) is 11.3 Å². The Bertz CT molecular complexity index is 2020. The van der Waals surface area contributed by atoms with Gasteiger partial charge < -0.3 is 19.2 Å². The molecule has 0 fully saturated rings. The van der Waals surface area contributed by atoms with Crippen molar-refractivity contribution in [3.8, 4) is 27.8 Å². The van der Waals surface area contributed by atoms with Crippen LogP contribution >= 0.6 is 11.3 Å². The number of esters is 1. The maximum Gasteiger partial charge on any atom is 0.363 e. The molecule has 6 aromatic rings. The third kappa shape index (κ3) is 6.21. The number of nitrogens with zero attached hydrogens (tertiary/aromatic N) is 2. The number of carbonyl (C=O) groups excluding carboxylic acids is 1. The molecule has 230 valence electrons. The first-order chi connectivity index (χ1) is 22.0. The van der Waals surface area contributed by atoms with Crippen LogP contribution < -0.4 is 19.8 Å². The summed E-state index contributed by atoms with van der Waals surface area (Å²) in [4.78, 5) is 35.5. The minimum absolute atomic E-state index is 0.122. The van der Waals surface area contributed by atoms with Crippen LogP contribution in [-0.2, 0) is 6.42 Å². The molecule has 0 saturated carbocycles. The summed E-state index contributed by atoms with van der Waals surface area (Å²) >= 11 is 1.32. The zero-order chi connectivity index (χ0) is 31.3. The molecule has 1 N–H and O–H groups in total. The molecule has 0 aliphatic carbocycles. The standard InChI is InChI=1S/C36H35N3O5S/c1-4-5-6-9-17-43-29-16-15-26(18-23(29)2)34-32(36(41)44-30-21-37-22-38-30)39-31(40)20-27(33(42-3)35(39)45-34)19-25-13-10-12-24-11-7-8-14-28(24)25/h7-8,10-16,18,20-22H,4-6,9,17,19H2,1-3H3,(H,37,38). The van der Waals surface area contributed by atoms with Gasteiger partial charge in [-0.2, -0.15) is 0 Å². The number of ether oxygens (including phenoxy) is 3. The van der Waals surface area contributed by atoms with Gasteiger partial charge in [0.25, 0.3) is 5.56 Å². The molecule has 9 heteroatoms. The Morgan fingerprint density at radius 3 is 2.62 bits per heavy atom. The number of pyridine rings is 1. The molecule has 0 amide bonds. The van der Waals surface area contributed by atoms with Crippen LogP contribution in [0.2, 0.25) is 0 Å². The minimum Gasteiger partial charge on any atom is -0.493 e. The maximum atomic E-state index is 13.9. The molecular formula is C36H35N3O5S. The van der Waals surface area contributed by atoms with E-state index in [1.54, 1.807) is 13.2 Å². The van der Waals surface area contributed by atoms with Crippen LogP contribution in [0.25, 0.3) is 26.0 Å². The van der Waals surface area contributed by atoms with E-state index in [1.807, 2.05) is 43.3 Å². The number of rotatable bonds is 12. The number of imidazole rings is 1. The molecule has 0 radical (unpaired) electrons. The van der Waals surface area contributed by atoms with Crippen molar-refractivity contribution in [2.75, 3.05) is 13.7 Å². The summed E-state index contributed by atoms with van der Waals surface area (Å²) in [5, 5.41) is 2.24. The van der Waals surface area contributed by atoms with E-state index in [0.29, 0.717) is 28.5 Å². The van der Waals surface area contributed by atoms with Crippen molar-refractivity contribution < 1.29 is 19.0 Å². The van der Waals surface area contributed by atoms with Gasteiger partial charge in [-0.3, -0.25) is 9.20 Å². The highest BCUT2D eigenvalue weighted by Crippen LogP contribution is 2.40. The highest BCUT2D eigenvalue weighted by atomic mass is 32.1. The molecule has 0 bridgehead atoms. The SMILES string of the molecule is CCCCCCOc1ccc(-c2sc3c(OC)c(Cc4cccc5ccccc45)cc(=O)n3c2C(=O)Oc2cnc[nH]2)cc1C. The Morgan fingerprint density at radius 2 is 1.84 bits per heavy atom. The van der Waals surface area contributed by atoms with E-state index in [0.717, 1.165) is 51.6 Å². The Labute approximate surface area is 265 Å². The second-order valence-electron chi connectivity index (χ2n) is 11.0. The fourth-order valence-electron chi connectivity index (χ4n) is 5.66. The molecule has 0 atom stereocenters. The first-order valence-electron chi connectivity index (χ1n) is 15.1. The average Bonchev–Trinajstić information content (AvgIpc) is 3.71. The molecule has 0 aliphatic heterocycles. The van der Waals surface area contributed by atoms with E-state index in [9.17, 15) is 9.59 Å². The molecule has 0 aliphatic rings. The van der Waals surface area contributed by atoms with Gasteiger partial charge in [0.1, 0.15) is 10.6 Å². The van der Waals surface area contributed by atoms with Crippen molar-refractivity contribution in [1.29, 1.82) is 0 Å². The first kappa shape index (κ1) is 30.1. The lowest BCUT2D eigenvalue weighted by Crippen LogP contribution is -2.21. The van der Waals surface area contributed by atoms with E-state index in [4.69, 9.17) is 14.2 Å². The van der Waals surface area contributed by atoms with Gasteiger partial charge >= 0.3 is 5.97 Å². The number of hydrogen-bond acceptors (Lipinski definition) is 7. The van der Waals surface area contributed by atoms with Crippen molar-refractivity contribution in [2.24, 2.45) is 0 Å². The average molecular weight is 622 g/mol. The van der Waals surface area contributed by atoms with Crippen LogP contribution in [0.3, 0.4) is 0 Å². The lowest BCUT2D eigenvalue weighted by Gasteiger charge is -2.12. The minimum atomic E-state index is -0.680. The number of H-pyrrole nitrogens is 1. The summed E-state index contributed by atoms with van der Waals surface area (Å²) in [6.45, 7) is 4.82. The number of thiazole rings is 1. The Morgan fingerprint density at radius 1 is 1.00 bits per heavy atom. The third-order valence-corrected chi connectivity index (χ3v) is 9.07. The van der Waals surface area contributed by atoms with Crippen LogP contribution in [0.1, 0.15) is 59.8 Å². The Balaban J connectivity index is 1.45. The zero-order valence-electron chi connectivity index (χ0n) is 25.6. The lowest BCUT2D eigenvalue weighted by atomic mass is 9.98. The van der Waals surface area contributed by atoms with Gasteiger partial charge in [0.15, 0.2) is 11.4 Å². The Kier molecular flexibility index (Phi) is 8.98. The molecule has 3 heterocycles. The Hall–Kier alpha value is -4.89. The maximum absolute atomic E-state index is 13.9. The number of nitrogens with one attached hydrogen (secondary N) is 1. The normalized spacial score (nSPS) is 11.3. The second kappa shape index (κ2) is 13.4. The highest BCUT2D eigenvalue weighted by molar-refractivity contribution is 7.21. The molecule has 8 nitrogen and oxygen atoms in total. The number of carbonyl (C=O) groups is 1. The molecule has 45 heavy (non-hydrogen) atoms. The number of aromatic amines is 1. The van der Waals surface area contributed by atoms with E-state index in [2.05, 4.69) is 41.2 Å². The van der Waals surface area contributed by atoms with Crippen molar-refractivity contribution in [1.82, 2.24) is 14.4 Å². The van der Waals surface area contributed by atoms with Crippen molar-refractivity contribution >= 4 is 32.9 Å². The number of aromatic nitrogens is 3. The van der Waals surface area contributed by atoms with Crippen molar-refractivity contribution in [3.63, 3.8) is 0 Å². The van der Waals surface area contributed by atoms with Gasteiger partial charge in [-0.25, -0.2) is 9.78 Å². The predicted molar refractivity (Wildman–Crippen MR) is 178 cm³/mol. The van der Waals surface area contributed by atoms with Crippen molar-refractivity contribution in [2.45, 2.75) is 46.0 Å². The monoisotopic (exact) mass is 621 g/mol. The fraction of sp³-hybridized carbons (Fsp3) is 0.250. The van der Waals surface area contributed by atoms with Crippen LogP contribution in [0.15, 0.2) is 84.0 Å². The molecule has 3 aromatic heterocycles. The third-order valence-electron chi connectivity index (χ3n) is 7.87. The molecule has 0 spiro atoms. The summed E-state index contributed by atoms with van der Waals surface area (Å²) in [7, 11) is 1.59. The van der Waals surface area contributed by atoms with Gasteiger partial charge in [-0.05, 0) is 59.0 Å². The molecule has 6 rings (SSSR count). The van der Waals surface area contributed by atoms with Gasteiger partial charge in [-0.1, -0.05) is 68.7 Å². The molecule has 0 unspecified atom stereocenters. The highest BCUT2D eigenvalue weighted by Gasteiger charge is 2.27.